The Bertz CT molecular complexity index is 493. The molecule has 4 heteroatoms. The first-order valence-electron chi connectivity index (χ1n) is 7.12. The van der Waals surface area contributed by atoms with Crippen molar-refractivity contribution in [2.45, 2.75) is 24.6 Å². The van der Waals surface area contributed by atoms with E-state index in [1.54, 1.807) is 21.3 Å². The lowest BCUT2D eigenvalue weighted by molar-refractivity contribution is 0.319. The molecule has 0 aromatic heterocycles. The Morgan fingerprint density at radius 2 is 1.60 bits per heavy atom. The average molecular weight is 297 g/mol. The third kappa shape index (κ3) is 2.22. The van der Waals surface area contributed by atoms with Crippen LogP contribution in [0, 0.1) is 17.8 Å². The van der Waals surface area contributed by atoms with Gasteiger partial charge in [-0.2, -0.15) is 0 Å². The van der Waals surface area contributed by atoms with Crippen LogP contribution in [0.4, 0.5) is 0 Å². The molecule has 0 N–H and O–H groups in total. The second-order valence-electron chi connectivity index (χ2n) is 5.81. The Labute approximate surface area is 125 Å². The molecule has 2 saturated carbocycles. The van der Waals surface area contributed by atoms with Crippen LogP contribution < -0.4 is 14.2 Å². The van der Waals surface area contributed by atoms with Crippen LogP contribution in [-0.4, -0.2) is 21.3 Å². The van der Waals surface area contributed by atoms with Gasteiger partial charge in [-0.25, -0.2) is 0 Å². The minimum atomic E-state index is -0.0162. The summed E-state index contributed by atoms with van der Waals surface area (Å²) in [6, 6.07) is 3.91. The Morgan fingerprint density at radius 3 is 2.15 bits per heavy atom. The van der Waals surface area contributed by atoms with Crippen LogP contribution in [0.5, 0.6) is 17.2 Å². The van der Waals surface area contributed by atoms with Crippen molar-refractivity contribution < 1.29 is 14.2 Å². The second kappa shape index (κ2) is 5.36. The van der Waals surface area contributed by atoms with Gasteiger partial charge in [0.25, 0.3) is 0 Å². The van der Waals surface area contributed by atoms with E-state index in [2.05, 4.69) is 0 Å². The van der Waals surface area contributed by atoms with Gasteiger partial charge in [0.2, 0.25) is 5.75 Å². The number of fused-ring (bicyclic) bond motifs is 1. The first kappa shape index (κ1) is 13.9. The van der Waals surface area contributed by atoms with Gasteiger partial charge >= 0.3 is 0 Å². The monoisotopic (exact) mass is 296 g/mol. The van der Waals surface area contributed by atoms with Gasteiger partial charge in [-0.3, -0.25) is 0 Å². The van der Waals surface area contributed by atoms with Gasteiger partial charge in [0.05, 0.1) is 26.7 Å². The first-order valence-corrected chi connectivity index (χ1v) is 7.56. The molecule has 0 radical (unpaired) electrons. The summed E-state index contributed by atoms with van der Waals surface area (Å²) in [6.45, 7) is 0. The van der Waals surface area contributed by atoms with Gasteiger partial charge in [-0.15, -0.1) is 11.6 Å². The summed E-state index contributed by atoms with van der Waals surface area (Å²) in [5.74, 6) is 4.40. The normalized spacial score (nSPS) is 28.7. The molecular formula is C16H21ClO3. The van der Waals surface area contributed by atoms with Crippen molar-refractivity contribution in [1.29, 1.82) is 0 Å². The second-order valence-corrected chi connectivity index (χ2v) is 6.28. The van der Waals surface area contributed by atoms with E-state index in [0.717, 1.165) is 17.4 Å². The van der Waals surface area contributed by atoms with Crippen molar-refractivity contribution in [2.75, 3.05) is 21.3 Å². The Kier molecular flexibility index (Phi) is 3.72. The Morgan fingerprint density at radius 1 is 0.950 bits per heavy atom. The van der Waals surface area contributed by atoms with Gasteiger partial charge in [-0.05, 0) is 49.1 Å². The number of hydrogen-bond donors (Lipinski definition) is 0. The minimum absolute atomic E-state index is 0.0162. The summed E-state index contributed by atoms with van der Waals surface area (Å²) < 4.78 is 16.3. The zero-order valence-electron chi connectivity index (χ0n) is 12.2. The van der Waals surface area contributed by atoms with Crippen molar-refractivity contribution in [3.8, 4) is 17.2 Å². The molecule has 2 aliphatic rings. The van der Waals surface area contributed by atoms with Gasteiger partial charge in [0, 0.05) is 5.56 Å². The Hall–Kier alpha value is -1.09. The third-order valence-corrected chi connectivity index (χ3v) is 5.32. The number of hydrogen-bond acceptors (Lipinski definition) is 3. The highest BCUT2D eigenvalue weighted by atomic mass is 35.5. The zero-order valence-corrected chi connectivity index (χ0v) is 12.9. The lowest BCUT2D eigenvalue weighted by Crippen LogP contribution is -2.08. The van der Waals surface area contributed by atoms with Crippen LogP contribution in [0.15, 0.2) is 12.1 Å². The van der Waals surface area contributed by atoms with Crippen LogP contribution in [0.2, 0.25) is 0 Å². The summed E-state index contributed by atoms with van der Waals surface area (Å²) in [4.78, 5) is 0. The summed E-state index contributed by atoms with van der Waals surface area (Å²) >= 11 is 6.73. The highest BCUT2D eigenvalue weighted by molar-refractivity contribution is 6.21. The number of rotatable bonds is 5. The molecular weight excluding hydrogens is 276 g/mol. The van der Waals surface area contributed by atoms with Crippen LogP contribution in [0.1, 0.15) is 30.2 Å². The summed E-state index contributed by atoms with van der Waals surface area (Å²) in [5, 5.41) is -0.0162. The molecule has 1 aromatic rings. The molecule has 0 bridgehead atoms. The highest BCUT2D eigenvalue weighted by Gasteiger charge is 2.48. The summed E-state index contributed by atoms with van der Waals surface area (Å²) in [5.41, 5.74) is 1.01. The number of benzene rings is 1. The van der Waals surface area contributed by atoms with E-state index >= 15 is 0 Å². The molecule has 1 aromatic carbocycles. The van der Waals surface area contributed by atoms with Crippen LogP contribution >= 0.6 is 11.6 Å². The van der Waals surface area contributed by atoms with Crippen LogP contribution in [-0.2, 0) is 0 Å². The maximum Gasteiger partial charge on any atom is 0.203 e. The van der Waals surface area contributed by atoms with E-state index in [4.69, 9.17) is 25.8 Å². The van der Waals surface area contributed by atoms with Gasteiger partial charge < -0.3 is 14.2 Å². The molecule has 3 atom stereocenters. The molecule has 3 rings (SSSR count). The van der Waals surface area contributed by atoms with Gasteiger partial charge in [0.1, 0.15) is 0 Å². The van der Waals surface area contributed by atoms with Crippen molar-refractivity contribution in [3.05, 3.63) is 17.7 Å². The predicted octanol–water partition coefficient (Wildman–Crippen LogP) is 4.04. The molecule has 2 fully saturated rings. The molecule has 3 unspecified atom stereocenters. The molecule has 0 spiro atoms. The summed E-state index contributed by atoms with van der Waals surface area (Å²) in [7, 11) is 4.90. The smallest absolute Gasteiger partial charge is 0.203 e. The fourth-order valence-corrected chi connectivity index (χ4v) is 3.97. The van der Waals surface area contributed by atoms with E-state index < -0.39 is 0 Å². The number of alkyl halides is 1. The summed E-state index contributed by atoms with van der Waals surface area (Å²) in [6.07, 6.45) is 3.90. The fraction of sp³-hybridized carbons (Fsp3) is 0.625. The number of halogens is 1. The van der Waals surface area contributed by atoms with E-state index in [1.807, 2.05) is 12.1 Å². The van der Waals surface area contributed by atoms with Crippen molar-refractivity contribution in [2.24, 2.45) is 17.8 Å². The molecule has 0 saturated heterocycles. The Balaban J connectivity index is 1.91. The fourth-order valence-electron chi connectivity index (χ4n) is 3.60. The maximum absolute atomic E-state index is 6.73. The molecule has 110 valence electrons. The highest BCUT2D eigenvalue weighted by Crippen LogP contribution is 2.59. The molecule has 20 heavy (non-hydrogen) atoms. The van der Waals surface area contributed by atoms with Gasteiger partial charge in [0.15, 0.2) is 11.5 Å². The maximum atomic E-state index is 6.73. The van der Waals surface area contributed by atoms with Crippen LogP contribution in [0.3, 0.4) is 0 Å². The van der Waals surface area contributed by atoms with Gasteiger partial charge in [-0.1, -0.05) is 0 Å². The van der Waals surface area contributed by atoms with Crippen LogP contribution in [0.25, 0.3) is 0 Å². The minimum Gasteiger partial charge on any atom is -0.493 e. The third-order valence-electron chi connectivity index (χ3n) is 4.73. The lowest BCUT2D eigenvalue weighted by Gasteiger charge is -2.23. The molecule has 0 aliphatic heterocycles. The van der Waals surface area contributed by atoms with Crippen molar-refractivity contribution in [3.63, 3.8) is 0 Å². The topological polar surface area (TPSA) is 27.7 Å². The van der Waals surface area contributed by atoms with E-state index in [9.17, 15) is 0 Å². The van der Waals surface area contributed by atoms with E-state index in [-0.39, 0.29) is 5.38 Å². The molecule has 2 aliphatic carbocycles. The van der Waals surface area contributed by atoms with Crippen molar-refractivity contribution >= 4 is 11.6 Å². The predicted molar refractivity (Wildman–Crippen MR) is 79.0 cm³/mol. The molecule has 0 heterocycles. The van der Waals surface area contributed by atoms with E-state index in [1.165, 1.54) is 19.3 Å². The number of methoxy groups -OCH3 is 3. The molecule has 0 amide bonds. The molecule has 3 nitrogen and oxygen atoms in total. The van der Waals surface area contributed by atoms with E-state index in [0.29, 0.717) is 23.2 Å². The SMILES string of the molecule is COc1ccc(C(Cl)C2CC3CC3C2)c(OC)c1OC. The quantitative estimate of drug-likeness (QED) is 0.768. The average Bonchev–Trinajstić information content (AvgIpc) is 3.10. The number of ether oxygens (including phenoxy) is 3. The standard InChI is InChI=1S/C16H21ClO3/c1-18-13-5-4-12(15(19-2)16(13)20-3)14(17)11-7-9-6-10(9)8-11/h4-5,9-11,14H,6-8H2,1-3H3. The lowest BCUT2D eigenvalue weighted by atomic mass is 9.93. The first-order chi connectivity index (χ1) is 9.69. The zero-order chi connectivity index (χ0) is 14.3. The largest absolute Gasteiger partial charge is 0.493 e. The van der Waals surface area contributed by atoms with Crippen molar-refractivity contribution in [1.82, 2.24) is 0 Å².